The number of nitrogens with one attached hydrogen (secondary N) is 1. The largest absolute Gasteiger partial charge is 0.324 e. The van der Waals surface area contributed by atoms with E-state index in [1.54, 1.807) is 11.8 Å². The lowest BCUT2D eigenvalue weighted by molar-refractivity contribution is -0.119. The molecule has 17 heavy (non-hydrogen) atoms. The molecule has 4 heteroatoms. The molecule has 1 amide bonds. The number of carbonyl (C=O) groups excluding carboxylic acids is 1. The summed E-state index contributed by atoms with van der Waals surface area (Å²) in [4.78, 5) is 13.0. The summed E-state index contributed by atoms with van der Waals surface area (Å²) in [6.07, 6.45) is 1.98. The van der Waals surface area contributed by atoms with E-state index in [2.05, 4.69) is 5.32 Å². The van der Waals surface area contributed by atoms with Crippen molar-refractivity contribution in [2.24, 2.45) is 11.1 Å². The molecule has 0 saturated heterocycles. The van der Waals surface area contributed by atoms with Crippen molar-refractivity contribution in [2.45, 2.75) is 31.7 Å². The lowest BCUT2D eigenvalue weighted by Gasteiger charge is -2.26. The molecule has 3 nitrogen and oxygen atoms in total. The van der Waals surface area contributed by atoms with Gasteiger partial charge in [0.05, 0.1) is 11.7 Å². The van der Waals surface area contributed by atoms with Crippen molar-refractivity contribution in [3.63, 3.8) is 0 Å². The van der Waals surface area contributed by atoms with Crippen LogP contribution in [0, 0.1) is 5.41 Å². The van der Waals surface area contributed by atoms with Crippen molar-refractivity contribution in [3.8, 4) is 0 Å². The Morgan fingerprint density at radius 2 is 1.94 bits per heavy atom. The molecule has 94 valence electrons. The summed E-state index contributed by atoms with van der Waals surface area (Å²) in [7, 11) is 0. The summed E-state index contributed by atoms with van der Waals surface area (Å²) >= 11 is 1.60. The Balaban J connectivity index is 2.81. The molecule has 0 bridgehead atoms. The number of rotatable bonds is 3. The smallest absolute Gasteiger partial charge is 0.241 e. The van der Waals surface area contributed by atoms with E-state index in [1.165, 1.54) is 0 Å². The van der Waals surface area contributed by atoms with Gasteiger partial charge in [-0.2, -0.15) is 0 Å². The molecule has 0 aliphatic carbocycles. The van der Waals surface area contributed by atoms with Gasteiger partial charge >= 0.3 is 0 Å². The molecule has 0 saturated carbocycles. The quantitative estimate of drug-likeness (QED) is 0.813. The van der Waals surface area contributed by atoms with E-state index in [4.69, 9.17) is 5.73 Å². The minimum atomic E-state index is -0.516. The fourth-order valence-corrected chi connectivity index (χ4v) is 1.91. The van der Waals surface area contributed by atoms with Crippen LogP contribution in [0.25, 0.3) is 0 Å². The van der Waals surface area contributed by atoms with Crippen molar-refractivity contribution in [1.82, 2.24) is 0 Å². The highest BCUT2D eigenvalue weighted by atomic mass is 32.2. The van der Waals surface area contributed by atoms with Gasteiger partial charge in [0.1, 0.15) is 0 Å². The summed E-state index contributed by atoms with van der Waals surface area (Å²) in [6, 6.07) is 7.20. The zero-order chi connectivity index (χ0) is 13.1. The topological polar surface area (TPSA) is 55.1 Å². The molecule has 0 fully saturated rings. The second-order valence-corrected chi connectivity index (χ2v) is 5.88. The van der Waals surface area contributed by atoms with E-state index in [9.17, 15) is 4.79 Å². The van der Waals surface area contributed by atoms with Crippen LogP contribution in [0.5, 0.6) is 0 Å². The molecule has 1 unspecified atom stereocenters. The first-order chi connectivity index (χ1) is 7.86. The van der Waals surface area contributed by atoms with Gasteiger partial charge in [-0.3, -0.25) is 4.79 Å². The highest BCUT2D eigenvalue weighted by Crippen LogP contribution is 2.26. The van der Waals surface area contributed by atoms with Crippen LogP contribution in [0.2, 0.25) is 0 Å². The van der Waals surface area contributed by atoms with E-state index in [1.807, 2.05) is 51.3 Å². The first-order valence-electron chi connectivity index (χ1n) is 5.55. The minimum absolute atomic E-state index is 0.140. The summed E-state index contributed by atoms with van der Waals surface area (Å²) in [5.41, 5.74) is 6.50. The van der Waals surface area contributed by atoms with E-state index in [0.29, 0.717) is 0 Å². The van der Waals surface area contributed by atoms with Gasteiger partial charge in [0, 0.05) is 4.90 Å². The van der Waals surface area contributed by atoms with E-state index < -0.39 is 6.04 Å². The third-order valence-electron chi connectivity index (χ3n) is 2.58. The molecule has 1 aromatic carbocycles. The van der Waals surface area contributed by atoms with Gasteiger partial charge in [0.25, 0.3) is 0 Å². The molecule has 1 rings (SSSR count). The lowest BCUT2D eigenvalue weighted by Crippen LogP contribution is -2.45. The molecule has 0 radical (unpaired) electrons. The molecule has 1 atom stereocenters. The Morgan fingerprint density at radius 3 is 2.47 bits per heavy atom. The number of anilines is 1. The second kappa shape index (κ2) is 5.56. The van der Waals surface area contributed by atoms with Crippen LogP contribution in [-0.2, 0) is 4.79 Å². The van der Waals surface area contributed by atoms with Crippen LogP contribution < -0.4 is 11.1 Å². The Labute approximate surface area is 107 Å². The Kier molecular flexibility index (Phi) is 4.60. The zero-order valence-electron chi connectivity index (χ0n) is 10.8. The first-order valence-corrected chi connectivity index (χ1v) is 6.78. The Bertz CT molecular complexity index is 399. The molecular formula is C13H20N2OS. The number of para-hydroxylation sites is 1. The van der Waals surface area contributed by atoms with Crippen molar-refractivity contribution < 1.29 is 4.79 Å². The lowest BCUT2D eigenvalue weighted by atomic mass is 9.87. The molecule has 0 aliphatic rings. The SMILES string of the molecule is CSc1ccccc1NC(=O)C(N)C(C)(C)C. The third-order valence-corrected chi connectivity index (χ3v) is 3.38. The number of carbonyl (C=O) groups is 1. The fraction of sp³-hybridized carbons (Fsp3) is 0.462. The van der Waals surface area contributed by atoms with Gasteiger partial charge < -0.3 is 11.1 Å². The highest BCUT2D eigenvalue weighted by molar-refractivity contribution is 7.98. The fourth-order valence-electron chi connectivity index (χ4n) is 1.35. The standard InChI is InChI=1S/C13H20N2OS/c1-13(2,3)11(14)12(16)15-9-7-5-6-8-10(9)17-4/h5-8,11H,14H2,1-4H3,(H,15,16). The van der Waals surface area contributed by atoms with Crippen molar-refractivity contribution in [2.75, 3.05) is 11.6 Å². The van der Waals surface area contributed by atoms with Crippen LogP contribution in [-0.4, -0.2) is 18.2 Å². The highest BCUT2D eigenvalue weighted by Gasteiger charge is 2.27. The van der Waals surface area contributed by atoms with Crippen LogP contribution in [0.1, 0.15) is 20.8 Å². The van der Waals surface area contributed by atoms with E-state index in [-0.39, 0.29) is 11.3 Å². The number of thioether (sulfide) groups is 1. The van der Waals surface area contributed by atoms with Crippen LogP contribution in [0.4, 0.5) is 5.69 Å². The average molecular weight is 252 g/mol. The van der Waals surface area contributed by atoms with Crippen molar-refractivity contribution in [1.29, 1.82) is 0 Å². The van der Waals surface area contributed by atoms with Crippen molar-refractivity contribution >= 4 is 23.4 Å². The average Bonchev–Trinajstić information content (AvgIpc) is 2.27. The summed E-state index contributed by atoms with van der Waals surface area (Å²) < 4.78 is 0. The molecule has 1 aromatic rings. The Hall–Kier alpha value is -1.00. The predicted octanol–water partition coefficient (Wildman–Crippen LogP) is 2.72. The van der Waals surface area contributed by atoms with Gasteiger partial charge in [-0.15, -0.1) is 11.8 Å². The van der Waals surface area contributed by atoms with Crippen LogP contribution in [0.3, 0.4) is 0 Å². The molecule has 0 aliphatic heterocycles. The molecule has 0 aromatic heterocycles. The number of hydrogen-bond donors (Lipinski definition) is 2. The monoisotopic (exact) mass is 252 g/mol. The van der Waals surface area contributed by atoms with Crippen LogP contribution >= 0.6 is 11.8 Å². The van der Waals surface area contributed by atoms with Gasteiger partial charge in [-0.1, -0.05) is 32.9 Å². The summed E-state index contributed by atoms with van der Waals surface area (Å²) in [5, 5.41) is 2.88. The van der Waals surface area contributed by atoms with Gasteiger partial charge in [-0.05, 0) is 23.8 Å². The molecule has 3 N–H and O–H groups in total. The number of amides is 1. The first kappa shape index (κ1) is 14.1. The van der Waals surface area contributed by atoms with Gasteiger partial charge in [0.2, 0.25) is 5.91 Å². The second-order valence-electron chi connectivity index (χ2n) is 5.03. The summed E-state index contributed by atoms with van der Waals surface area (Å²) in [6.45, 7) is 5.87. The van der Waals surface area contributed by atoms with E-state index >= 15 is 0 Å². The molecule has 0 spiro atoms. The van der Waals surface area contributed by atoms with Crippen molar-refractivity contribution in [3.05, 3.63) is 24.3 Å². The van der Waals surface area contributed by atoms with Gasteiger partial charge in [0.15, 0.2) is 0 Å². The minimum Gasteiger partial charge on any atom is -0.324 e. The summed E-state index contributed by atoms with van der Waals surface area (Å²) in [5.74, 6) is -0.140. The third kappa shape index (κ3) is 3.75. The van der Waals surface area contributed by atoms with Gasteiger partial charge in [-0.25, -0.2) is 0 Å². The molecular weight excluding hydrogens is 232 g/mol. The number of nitrogens with two attached hydrogens (primary N) is 1. The normalized spacial score (nSPS) is 13.2. The zero-order valence-corrected chi connectivity index (χ0v) is 11.6. The predicted molar refractivity (Wildman–Crippen MR) is 74.3 cm³/mol. The maximum absolute atomic E-state index is 12.0. The number of hydrogen-bond acceptors (Lipinski definition) is 3. The maximum atomic E-state index is 12.0. The van der Waals surface area contributed by atoms with Crippen LogP contribution in [0.15, 0.2) is 29.2 Å². The molecule has 0 heterocycles. The van der Waals surface area contributed by atoms with E-state index in [0.717, 1.165) is 10.6 Å². The Morgan fingerprint density at radius 1 is 1.35 bits per heavy atom. The maximum Gasteiger partial charge on any atom is 0.241 e. The number of benzene rings is 1.